The summed E-state index contributed by atoms with van der Waals surface area (Å²) in [5, 5.41) is 21.1. The summed E-state index contributed by atoms with van der Waals surface area (Å²) in [6.07, 6.45) is -6.52. The van der Waals surface area contributed by atoms with Crippen molar-refractivity contribution in [3.05, 3.63) is 112 Å². The summed E-state index contributed by atoms with van der Waals surface area (Å²) < 4.78 is 57.3. The lowest BCUT2D eigenvalue weighted by atomic mass is 9.92. The van der Waals surface area contributed by atoms with E-state index in [0.29, 0.717) is 11.1 Å². The second-order valence-electron chi connectivity index (χ2n) is 11.9. The highest BCUT2D eigenvalue weighted by atomic mass is 19.4. The molecule has 1 N–H and O–H groups in total. The number of halogens is 3. The zero-order valence-corrected chi connectivity index (χ0v) is 26.7. The molecule has 3 aromatic rings. The molecule has 0 fully saturated rings. The smallest absolute Gasteiger partial charge is 0.416 e. The Bertz CT molecular complexity index is 1710. The molecule has 252 valence electrons. The van der Waals surface area contributed by atoms with Gasteiger partial charge in [-0.2, -0.15) is 18.4 Å². The lowest BCUT2D eigenvalue weighted by Gasteiger charge is -2.47. The Balaban J connectivity index is 1.79. The summed E-state index contributed by atoms with van der Waals surface area (Å²) in [5.41, 5.74) is -0.985. The zero-order valence-electron chi connectivity index (χ0n) is 26.7. The van der Waals surface area contributed by atoms with Crippen molar-refractivity contribution in [2.45, 2.75) is 58.5 Å². The highest BCUT2D eigenvalue weighted by Gasteiger charge is 2.45. The molecule has 0 saturated heterocycles. The summed E-state index contributed by atoms with van der Waals surface area (Å²) in [6, 6.07) is 19.6. The van der Waals surface area contributed by atoms with Crippen LogP contribution in [0.3, 0.4) is 0 Å². The molecule has 0 aromatic heterocycles. The van der Waals surface area contributed by atoms with Gasteiger partial charge < -0.3 is 24.2 Å². The average molecular weight is 666 g/mol. The van der Waals surface area contributed by atoms with Gasteiger partial charge in [0.1, 0.15) is 18.8 Å². The van der Waals surface area contributed by atoms with Crippen molar-refractivity contribution >= 4 is 23.6 Å². The standard InChI is InChI=1S/C35H34F3N3O7/c1-22-30(32(44)47-21-29(43)46-20-24-9-6-5-7-10-24)31(25-15-13-23(18-39)14-16-25)40(19-28(42)48-34(2,3)4)33(45)41(22)27-12-8-11-26(17-27)35(36,37)38/h5-17,31,33,45H,19-21H2,1-4H3. The third-order valence-electron chi connectivity index (χ3n) is 7.21. The minimum absolute atomic E-state index is 0.0146. The van der Waals surface area contributed by atoms with E-state index in [2.05, 4.69) is 0 Å². The van der Waals surface area contributed by atoms with E-state index in [1.54, 1.807) is 51.1 Å². The van der Waals surface area contributed by atoms with E-state index < -0.39 is 60.8 Å². The number of anilines is 1. The SMILES string of the molecule is CC1=C(C(=O)OCC(=O)OCc2ccccc2)C(c2ccc(C#N)cc2)N(CC(=O)OC(C)(C)C)C(O)N1c1cccc(C(F)(F)F)c1. The molecular weight excluding hydrogens is 631 g/mol. The van der Waals surface area contributed by atoms with Gasteiger partial charge in [0.05, 0.1) is 28.8 Å². The first-order chi connectivity index (χ1) is 22.6. The zero-order chi connectivity index (χ0) is 35.2. The Hall–Kier alpha value is -5.19. The van der Waals surface area contributed by atoms with Crippen LogP contribution in [-0.4, -0.2) is 53.0 Å². The molecule has 0 bridgehead atoms. The third-order valence-corrected chi connectivity index (χ3v) is 7.21. The number of allylic oxidation sites excluding steroid dienone is 1. The largest absolute Gasteiger partial charge is 0.459 e. The number of hydrogen-bond acceptors (Lipinski definition) is 10. The van der Waals surface area contributed by atoms with Crippen LogP contribution in [-0.2, 0) is 41.4 Å². The van der Waals surface area contributed by atoms with Crippen molar-refractivity contribution in [1.82, 2.24) is 4.90 Å². The van der Waals surface area contributed by atoms with Crippen molar-refractivity contribution in [1.29, 1.82) is 5.26 Å². The molecule has 10 nitrogen and oxygen atoms in total. The van der Waals surface area contributed by atoms with Gasteiger partial charge in [0.25, 0.3) is 0 Å². The van der Waals surface area contributed by atoms with Gasteiger partial charge in [-0.15, -0.1) is 0 Å². The second kappa shape index (κ2) is 14.7. The van der Waals surface area contributed by atoms with Gasteiger partial charge in [-0.3, -0.25) is 4.79 Å². The number of rotatable bonds is 9. The maximum Gasteiger partial charge on any atom is 0.416 e. The van der Waals surface area contributed by atoms with Crippen LogP contribution in [0.4, 0.5) is 18.9 Å². The number of carbonyl (C=O) groups is 3. The molecule has 0 radical (unpaired) electrons. The minimum Gasteiger partial charge on any atom is -0.459 e. The molecule has 2 atom stereocenters. The van der Waals surface area contributed by atoms with E-state index in [1.807, 2.05) is 6.07 Å². The number of esters is 3. The Kier molecular flexibility index (Phi) is 10.9. The molecule has 4 rings (SSSR count). The van der Waals surface area contributed by atoms with Gasteiger partial charge in [-0.05, 0) is 69.2 Å². The van der Waals surface area contributed by atoms with Crippen LogP contribution in [0.15, 0.2) is 90.1 Å². The van der Waals surface area contributed by atoms with Crippen molar-refractivity contribution in [3.8, 4) is 6.07 Å². The van der Waals surface area contributed by atoms with Gasteiger partial charge in [-0.1, -0.05) is 48.5 Å². The van der Waals surface area contributed by atoms with Gasteiger partial charge >= 0.3 is 24.1 Å². The molecular formula is C35H34F3N3O7. The predicted molar refractivity (Wildman–Crippen MR) is 166 cm³/mol. The summed E-state index contributed by atoms with van der Waals surface area (Å²) >= 11 is 0. The number of aliphatic hydroxyl groups is 1. The Morgan fingerprint density at radius 3 is 2.19 bits per heavy atom. The van der Waals surface area contributed by atoms with Gasteiger partial charge in [-0.25, -0.2) is 14.5 Å². The van der Waals surface area contributed by atoms with Gasteiger partial charge in [0, 0.05) is 11.4 Å². The lowest BCUT2D eigenvalue weighted by Crippen LogP contribution is -2.56. The topological polar surface area (TPSA) is 129 Å². The molecule has 1 aliphatic rings. The second-order valence-corrected chi connectivity index (χ2v) is 11.9. The first-order valence-electron chi connectivity index (χ1n) is 14.8. The van der Waals surface area contributed by atoms with Crippen LogP contribution in [0.1, 0.15) is 56.0 Å². The van der Waals surface area contributed by atoms with Gasteiger partial charge in [0.15, 0.2) is 13.0 Å². The molecule has 1 heterocycles. The van der Waals surface area contributed by atoms with Crippen LogP contribution in [0.25, 0.3) is 0 Å². The molecule has 13 heteroatoms. The number of nitriles is 1. The van der Waals surface area contributed by atoms with Crippen molar-refractivity contribution in [3.63, 3.8) is 0 Å². The molecule has 48 heavy (non-hydrogen) atoms. The number of aliphatic hydroxyl groups excluding tert-OH is 1. The minimum atomic E-state index is -4.72. The Morgan fingerprint density at radius 1 is 0.917 bits per heavy atom. The summed E-state index contributed by atoms with van der Waals surface area (Å²) in [7, 11) is 0. The first kappa shape index (κ1) is 35.7. The number of benzene rings is 3. The number of alkyl halides is 3. The average Bonchev–Trinajstić information content (AvgIpc) is 3.03. The van der Waals surface area contributed by atoms with Crippen molar-refractivity contribution < 1.29 is 46.9 Å². The molecule has 1 aliphatic heterocycles. The fourth-order valence-corrected chi connectivity index (χ4v) is 5.14. The van der Waals surface area contributed by atoms with Crippen LogP contribution >= 0.6 is 0 Å². The first-order valence-corrected chi connectivity index (χ1v) is 14.8. The molecule has 0 amide bonds. The third kappa shape index (κ3) is 8.78. The number of ether oxygens (including phenoxy) is 3. The fourth-order valence-electron chi connectivity index (χ4n) is 5.14. The van der Waals surface area contributed by atoms with E-state index in [-0.39, 0.29) is 29.1 Å². The summed E-state index contributed by atoms with van der Waals surface area (Å²) in [5.74, 6) is -2.73. The molecule has 0 aliphatic carbocycles. The summed E-state index contributed by atoms with van der Waals surface area (Å²) in [4.78, 5) is 41.8. The van der Waals surface area contributed by atoms with E-state index >= 15 is 0 Å². The summed E-state index contributed by atoms with van der Waals surface area (Å²) in [6.45, 7) is 4.79. The number of nitrogens with zero attached hydrogens (tertiary/aromatic N) is 3. The highest BCUT2D eigenvalue weighted by Crippen LogP contribution is 2.42. The molecule has 0 spiro atoms. The van der Waals surface area contributed by atoms with Crippen molar-refractivity contribution in [2.75, 3.05) is 18.1 Å². The lowest BCUT2D eigenvalue weighted by molar-refractivity contribution is -0.162. The van der Waals surface area contributed by atoms with E-state index in [9.17, 15) is 37.9 Å². The number of hydrogen-bond donors (Lipinski definition) is 1. The fraction of sp³-hybridized carbons (Fsp3) is 0.314. The van der Waals surface area contributed by atoms with E-state index in [1.165, 1.54) is 37.3 Å². The monoisotopic (exact) mass is 665 g/mol. The van der Waals surface area contributed by atoms with E-state index in [0.717, 1.165) is 28.0 Å². The van der Waals surface area contributed by atoms with Crippen LogP contribution in [0, 0.1) is 11.3 Å². The molecule has 3 aromatic carbocycles. The Morgan fingerprint density at radius 2 is 1.58 bits per heavy atom. The molecule has 2 unspecified atom stereocenters. The van der Waals surface area contributed by atoms with Crippen LogP contribution in [0.2, 0.25) is 0 Å². The Labute approximate surface area is 275 Å². The van der Waals surface area contributed by atoms with E-state index in [4.69, 9.17) is 14.2 Å². The van der Waals surface area contributed by atoms with Gasteiger partial charge in [0.2, 0.25) is 0 Å². The molecule has 0 saturated carbocycles. The number of carbonyl (C=O) groups excluding carboxylic acids is 3. The normalized spacial score (nSPS) is 17.0. The van der Waals surface area contributed by atoms with Crippen LogP contribution in [0.5, 0.6) is 0 Å². The predicted octanol–water partition coefficient (Wildman–Crippen LogP) is 5.62. The quantitative estimate of drug-likeness (QED) is 0.227. The highest BCUT2D eigenvalue weighted by molar-refractivity contribution is 5.93. The maximum atomic E-state index is 13.9. The van der Waals surface area contributed by atoms with Crippen LogP contribution < -0.4 is 4.90 Å². The maximum absolute atomic E-state index is 13.9. The van der Waals surface area contributed by atoms with Crippen molar-refractivity contribution in [2.24, 2.45) is 0 Å².